The number of benzene rings is 1. The van der Waals surface area contributed by atoms with E-state index in [1.54, 1.807) is 0 Å². The van der Waals surface area contributed by atoms with E-state index in [0.717, 1.165) is 24.9 Å². The third-order valence-corrected chi connectivity index (χ3v) is 2.68. The van der Waals surface area contributed by atoms with Crippen LogP contribution < -0.4 is 10.1 Å². The molecule has 1 aromatic carbocycles. The van der Waals surface area contributed by atoms with Crippen LogP contribution in [0.5, 0.6) is 5.75 Å². The molecule has 1 aromatic rings. The first-order valence-corrected chi connectivity index (χ1v) is 6.19. The Morgan fingerprint density at radius 1 is 1.25 bits per heavy atom. The van der Waals surface area contributed by atoms with E-state index in [1.807, 2.05) is 0 Å². The second-order valence-electron chi connectivity index (χ2n) is 5.00. The van der Waals surface area contributed by atoms with Gasteiger partial charge in [0.05, 0.1) is 6.61 Å². The maximum atomic E-state index is 5.64. The summed E-state index contributed by atoms with van der Waals surface area (Å²) >= 11 is 0. The average molecular weight is 219 g/mol. The number of rotatable bonds is 6. The highest BCUT2D eigenvalue weighted by Crippen LogP contribution is 2.20. The molecule has 0 radical (unpaired) electrons. The van der Waals surface area contributed by atoms with Gasteiger partial charge in [0.15, 0.2) is 0 Å². The van der Waals surface area contributed by atoms with E-state index in [0.29, 0.717) is 5.92 Å². The van der Waals surface area contributed by atoms with E-state index in [4.69, 9.17) is 4.74 Å². The minimum Gasteiger partial charge on any atom is -0.493 e. The van der Waals surface area contributed by atoms with Gasteiger partial charge in [0.2, 0.25) is 0 Å². The van der Waals surface area contributed by atoms with Gasteiger partial charge in [-0.05, 0) is 36.5 Å². The molecule has 16 heavy (non-hydrogen) atoms. The van der Waals surface area contributed by atoms with Gasteiger partial charge < -0.3 is 10.1 Å². The summed E-state index contributed by atoms with van der Waals surface area (Å²) in [4.78, 5) is 0. The van der Waals surface area contributed by atoms with Crippen LogP contribution in [0.15, 0.2) is 24.3 Å². The lowest BCUT2D eigenvalue weighted by Crippen LogP contribution is -2.15. The van der Waals surface area contributed by atoms with Crippen molar-refractivity contribution in [1.29, 1.82) is 0 Å². The molecule has 0 unspecified atom stereocenters. The van der Waals surface area contributed by atoms with Crippen molar-refractivity contribution >= 4 is 0 Å². The third kappa shape index (κ3) is 3.86. The fourth-order valence-corrected chi connectivity index (χ4v) is 1.52. The predicted molar refractivity (Wildman–Crippen MR) is 66.6 cm³/mol. The zero-order chi connectivity index (χ0) is 11.4. The van der Waals surface area contributed by atoms with Crippen LogP contribution in [-0.2, 0) is 6.54 Å². The molecular weight excluding hydrogens is 198 g/mol. The summed E-state index contributed by atoms with van der Waals surface area (Å²) in [6.07, 6.45) is 2.69. The molecule has 0 aromatic heterocycles. The number of hydrogen-bond donors (Lipinski definition) is 1. The summed E-state index contributed by atoms with van der Waals surface area (Å²) in [5, 5.41) is 3.50. The molecule has 0 spiro atoms. The molecule has 2 rings (SSSR count). The van der Waals surface area contributed by atoms with Crippen molar-refractivity contribution in [1.82, 2.24) is 5.32 Å². The van der Waals surface area contributed by atoms with Gasteiger partial charge in [-0.3, -0.25) is 0 Å². The van der Waals surface area contributed by atoms with Gasteiger partial charge in [-0.15, -0.1) is 0 Å². The molecule has 1 aliphatic carbocycles. The molecule has 2 nitrogen and oxygen atoms in total. The van der Waals surface area contributed by atoms with Gasteiger partial charge in [-0.1, -0.05) is 26.0 Å². The smallest absolute Gasteiger partial charge is 0.119 e. The second kappa shape index (κ2) is 5.35. The molecule has 1 aliphatic rings. The molecular formula is C14H21NO. The molecule has 88 valence electrons. The zero-order valence-corrected chi connectivity index (χ0v) is 10.2. The van der Waals surface area contributed by atoms with Crippen LogP contribution in [0.25, 0.3) is 0 Å². The zero-order valence-electron chi connectivity index (χ0n) is 10.2. The number of hydrogen-bond acceptors (Lipinski definition) is 2. The summed E-state index contributed by atoms with van der Waals surface area (Å²) in [5.41, 5.74) is 1.34. The first-order chi connectivity index (χ1) is 7.74. The molecule has 0 amide bonds. The van der Waals surface area contributed by atoms with Gasteiger partial charge >= 0.3 is 0 Å². The fraction of sp³-hybridized carbons (Fsp3) is 0.571. The first-order valence-electron chi connectivity index (χ1n) is 6.19. The molecule has 1 fully saturated rings. The predicted octanol–water partition coefficient (Wildman–Crippen LogP) is 2.97. The Bertz CT molecular complexity index is 289. The van der Waals surface area contributed by atoms with Gasteiger partial charge in [-0.2, -0.15) is 0 Å². The lowest BCUT2D eigenvalue weighted by atomic mass is 10.2. The maximum absolute atomic E-state index is 5.64. The monoisotopic (exact) mass is 219 g/mol. The van der Waals surface area contributed by atoms with Crippen molar-refractivity contribution in [3.8, 4) is 5.75 Å². The van der Waals surface area contributed by atoms with Gasteiger partial charge in [0.1, 0.15) is 5.75 Å². The topological polar surface area (TPSA) is 21.3 Å². The maximum Gasteiger partial charge on any atom is 0.119 e. The highest BCUT2D eigenvalue weighted by Gasteiger charge is 2.19. The van der Waals surface area contributed by atoms with Crippen molar-refractivity contribution in [2.24, 2.45) is 5.92 Å². The molecule has 0 heterocycles. The Morgan fingerprint density at radius 2 is 1.94 bits per heavy atom. The van der Waals surface area contributed by atoms with Crippen molar-refractivity contribution < 1.29 is 4.74 Å². The van der Waals surface area contributed by atoms with Crippen LogP contribution in [0.4, 0.5) is 0 Å². The summed E-state index contributed by atoms with van der Waals surface area (Å²) in [5.74, 6) is 1.56. The minimum absolute atomic E-state index is 0.580. The Kier molecular flexibility index (Phi) is 3.83. The van der Waals surface area contributed by atoms with Crippen LogP contribution in [0, 0.1) is 5.92 Å². The molecule has 2 heteroatoms. The average Bonchev–Trinajstić information content (AvgIpc) is 3.09. The molecule has 0 atom stereocenters. The number of ether oxygens (including phenoxy) is 1. The fourth-order valence-electron chi connectivity index (χ4n) is 1.52. The minimum atomic E-state index is 0.580. The Morgan fingerprint density at radius 3 is 2.50 bits per heavy atom. The Hall–Kier alpha value is -1.02. The first kappa shape index (κ1) is 11.5. The molecule has 1 N–H and O–H groups in total. The summed E-state index contributed by atoms with van der Waals surface area (Å²) in [6.45, 7) is 6.09. The SMILES string of the molecule is CC(C)COc1ccc(CNC2CC2)cc1. The van der Waals surface area contributed by atoms with Crippen molar-refractivity contribution in [3.63, 3.8) is 0 Å². The van der Waals surface area contributed by atoms with E-state index in [9.17, 15) is 0 Å². The Balaban J connectivity index is 1.78. The van der Waals surface area contributed by atoms with E-state index in [2.05, 4.69) is 43.4 Å². The molecule has 0 saturated heterocycles. The summed E-state index contributed by atoms with van der Waals surface area (Å²) in [7, 11) is 0. The van der Waals surface area contributed by atoms with E-state index < -0.39 is 0 Å². The highest BCUT2D eigenvalue weighted by atomic mass is 16.5. The molecule has 1 saturated carbocycles. The Labute approximate surface area is 98.0 Å². The van der Waals surface area contributed by atoms with Crippen LogP contribution in [0.3, 0.4) is 0 Å². The summed E-state index contributed by atoms with van der Waals surface area (Å²) in [6, 6.07) is 9.19. The van der Waals surface area contributed by atoms with E-state index in [1.165, 1.54) is 18.4 Å². The standard InChI is InChI=1S/C14H21NO/c1-11(2)10-16-14-7-3-12(4-8-14)9-15-13-5-6-13/h3-4,7-8,11,13,15H,5-6,9-10H2,1-2H3. The van der Waals surface area contributed by atoms with Crippen LogP contribution in [0.2, 0.25) is 0 Å². The van der Waals surface area contributed by atoms with Crippen LogP contribution >= 0.6 is 0 Å². The third-order valence-electron chi connectivity index (χ3n) is 2.68. The van der Waals surface area contributed by atoms with E-state index >= 15 is 0 Å². The molecule has 0 aliphatic heterocycles. The van der Waals surface area contributed by atoms with Crippen molar-refractivity contribution in [2.75, 3.05) is 6.61 Å². The summed E-state index contributed by atoms with van der Waals surface area (Å²) < 4.78 is 5.64. The van der Waals surface area contributed by atoms with Gasteiger partial charge in [-0.25, -0.2) is 0 Å². The van der Waals surface area contributed by atoms with Gasteiger partial charge in [0, 0.05) is 12.6 Å². The van der Waals surface area contributed by atoms with Crippen molar-refractivity contribution in [2.45, 2.75) is 39.3 Å². The molecule has 0 bridgehead atoms. The van der Waals surface area contributed by atoms with Crippen molar-refractivity contribution in [3.05, 3.63) is 29.8 Å². The largest absolute Gasteiger partial charge is 0.493 e. The number of nitrogens with one attached hydrogen (secondary N) is 1. The van der Waals surface area contributed by atoms with Crippen LogP contribution in [-0.4, -0.2) is 12.6 Å². The lowest BCUT2D eigenvalue weighted by molar-refractivity contribution is 0.271. The normalized spacial score (nSPS) is 15.4. The van der Waals surface area contributed by atoms with Gasteiger partial charge in [0.25, 0.3) is 0 Å². The second-order valence-corrected chi connectivity index (χ2v) is 5.00. The van der Waals surface area contributed by atoms with E-state index in [-0.39, 0.29) is 0 Å². The quantitative estimate of drug-likeness (QED) is 0.794. The highest BCUT2D eigenvalue weighted by molar-refractivity contribution is 5.27. The van der Waals surface area contributed by atoms with Crippen LogP contribution in [0.1, 0.15) is 32.3 Å². The lowest BCUT2D eigenvalue weighted by Gasteiger charge is -2.09.